The van der Waals surface area contributed by atoms with Crippen LogP contribution in [0.15, 0.2) is 83.6 Å². The Morgan fingerprint density at radius 3 is 2.60 bits per heavy atom. The number of H-pyrrole nitrogens is 1. The molecule has 2 aliphatic heterocycles. The van der Waals surface area contributed by atoms with Gasteiger partial charge in [-0.3, -0.25) is 9.79 Å². The molecule has 0 bridgehead atoms. The SMILES string of the molecule is C1=CC=NCC=C1.CC.COCCOC.C\C=C/C(=C\C=C\OCCN)C1c2[nH]c3ccc(Cl)cc3c2CCN1C=O. The highest BCUT2D eigenvalue weighted by atomic mass is 35.5. The van der Waals surface area contributed by atoms with E-state index < -0.39 is 0 Å². The average molecular weight is 599 g/mol. The third kappa shape index (κ3) is 12.6. The van der Waals surface area contributed by atoms with Crippen molar-refractivity contribution in [3.05, 3.63) is 94.9 Å². The van der Waals surface area contributed by atoms with Crippen molar-refractivity contribution in [3.8, 4) is 0 Å². The molecule has 0 saturated carbocycles. The number of allylic oxidation sites excluding steroid dienone is 6. The van der Waals surface area contributed by atoms with Crippen molar-refractivity contribution in [3.63, 3.8) is 0 Å². The summed E-state index contributed by atoms with van der Waals surface area (Å²) in [6, 6.07) is 5.66. The van der Waals surface area contributed by atoms with Crippen molar-refractivity contribution in [1.29, 1.82) is 0 Å². The zero-order valence-corrected chi connectivity index (χ0v) is 26.3. The lowest BCUT2D eigenvalue weighted by Crippen LogP contribution is -2.35. The molecular weight excluding hydrogens is 552 g/mol. The van der Waals surface area contributed by atoms with Crippen LogP contribution in [0.4, 0.5) is 0 Å². The van der Waals surface area contributed by atoms with Gasteiger partial charge in [-0.2, -0.15) is 0 Å². The molecule has 0 aliphatic carbocycles. The molecule has 8 nitrogen and oxygen atoms in total. The Bertz CT molecular complexity index is 1200. The van der Waals surface area contributed by atoms with Crippen LogP contribution in [0.2, 0.25) is 5.02 Å². The van der Waals surface area contributed by atoms with Gasteiger partial charge in [-0.1, -0.05) is 61.9 Å². The van der Waals surface area contributed by atoms with Crippen molar-refractivity contribution in [2.75, 3.05) is 53.7 Å². The summed E-state index contributed by atoms with van der Waals surface area (Å²) in [4.78, 5) is 21.0. The lowest BCUT2D eigenvalue weighted by Gasteiger charge is -2.33. The van der Waals surface area contributed by atoms with Crippen LogP contribution < -0.4 is 5.73 Å². The minimum Gasteiger partial charge on any atom is -0.500 e. The van der Waals surface area contributed by atoms with E-state index in [-0.39, 0.29) is 6.04 Å². The lowest BCUT2D eigenvalue weighted by atomic mass is 9.92. The molecule has 230 valence electrons. The average Bonchev–Trinajstić information content (AvgIpc) is 3.16. The summed E-state index contributed by atoms with van der Waals surface area (Å²) in [5.41, 5.74) is 9.71. The number of nitrogens with one attached hydrogen (secondary N) is 1. The van der Waals surface area contributed by atoms with Gasteiger partial charge in [-0.15, -0.1) is 0 Å². The predicted molar refractivity (Wildman–Crippen MR) is 176 cm³/mol. The van der Waals surface area contributed by atoms with E-state index >= 15 is 0 Å². The van der Waals surface area contributed by atoms with Crippen LogP contribution in [0.3, 0.4) is 0 Å². The summed E-state index contributed by atoms with van der Waals surface area (Å²) < 4.78 is 14.6. The molecule has 3 N–H and O–H groups in total. The maximum atomic E-state index is 11.8. The van der Waals surface area contributed by atoms with E-state index in [1.807, 2.05) is 92.5 Å². The summed E-state index contributed by atoms with van der Waals surface area (Å²) >= 11 is 6.20. The number of aromatic amines is 1. The first-order valence-electron chi connectivity index (χ1n) is 14.2. The Morgan fingerprint density at radius 1 is 1.17 bits per heavy atom. The molecule has 1 aromatic carbocycles. The number of nitrogens with two attached hydrogens (primary N) is 1. The second-order valence-electron chi connectivity index (χ2n) is 8.67. The Hall–Kier alpha value is -3.43. The molecule has 1 unspecified atom stereocenters. The number of halogens is 1. The normalized spacial score (nSPS) is 15.7. The smallest absolute Gasteiger partial charge is 0.210 e. The van der Waals surface area contributed by atoms with Crippen molar-refractivity contribution in [2.45, 2.75) is 33.2 Å². The second-order valence-corrected chi connectivity index (χ2v) is 9.11. The zero-order chi connectivity index (χ0) is 31.0. The van der Waals surface area contributed by atoms with Gasteiger partial charge in [0.25, 0.3) is 0 Å². The summed E-state index contributed by atoms with van der Waals surface area (Å²) in [6.45, 7) is 9.77. The first-order valence-corrected chi connectivity index (χ1v) is 14.6. The number of carbonyl (C=O) groups is 1. The van der Waals surface area contributed by atoms with E-state index in [4.69, 9.17) is 22.1 Å². The number of rotatable bonds is 10. The number of methoxy groups -OCH3 is 2. The molecule has 1 atom stereocenters. The van der Waals surface area contributed by atoms with E-state index in [1.165, 1.54) is 5.56 Å². The number of aliphatic imine (C=N–C) groups is 1. The van der Waals surface area contributed by atoms with E-state index in [0.717, 1.165) is 41.5 Å². The van der Waals surface area contributed by atoms with E-state index in [9.17, 15) is 4.79 Å². The van der Waals surface area contributed by atoms with Crippen molar-refractivity contribution < 1.29 is 19.0 Å². The maximum absolute atomic E-state index is 11.8. The minimum atomic E-state index is -0.187. The largest absolute Gasteiger partial charge is 0.500 e. The van der Waals surface area contributed by atoms with Gasteiger partial charge in [0.05, 0.1) is 38.7 Å². The minimum absolute atomic E-state index is 0.187. The van der Waals surface area contributed by atoms with Gasteiger partial charge in [0, 0.05) is 55.1 Å². The first kappa shape index (κ1) is 36.6. The van der Waals surface area contributed by atoms with Gasteiger partial charge < -0.3 is 29.8 Å². The number of ether oxygens (including phenoxy) is 3. The van der Waals surface area contributed by atoms with Gasteiger partial charge in [-0.05, 0) is 54.8 Å². The number of nitrogens with zero attached hydrogens (tertiary/aromatic N) is 2. The summed E-state index contributed by atoms with van der Waals surface area (Å²) in [7, 11) is 3.30. The molecule has 1 amide bonds. The Balaban J connectivity index is 0.000000482. The zero-order valence-electron chi connectivity index (χ0n) is 25.6. The Labute approximate surface area is 256 Å². The molecule has 0 fully saturated rings. The monoisotopic (exact) mass is 598 g/mol. The molecular formula is C33H47ClN4O4. The number of aromatic nitrogens is 1. The maximum Gasteiger partial charge on any atom is 0.210 e. The topological polar surface area (TPSA) is 102 Å². The predicted octanol–water partition coefficient (Wildman–Crippen LogP) is 6.36. The molecule has 2 aliphatic rings. The van der Waals surface area contributed by atoms with E-state index in [0.29, 0.717) is 37.9 Å². The van der Waals surface area contributed by atoms with Crippen LogP contribution in [0.5, 0.6) is 0 Å². The third-order valence-electron chi connectivity index (χ3n) is 5.89. The van der Waals surface area contributed by atoms with Gasteiger partial charge in [0.15, 0.2) is 0 Å². The number of amides is 1. The molecule has 42 heavy (non-hydrogen) atoms. The summed E-state index contributed by atoms with van der Waals surface area (Å²) in [5, 5.41) is 1.83. The Morgan fingerprint density at radius 2 is 1.93 bits per heavy atom. The van der Waals surface area contributed by atoms with Crippen molar-refractivity contribution >= 4 is 35.1 Å². The van der Waals surface area contributed by atoms with E-state index in [2.05, 4.69) is 19.5 Å². The number of hydrogen-bond acceptors (Lipinski definition) is 6. The molecule has 0 spiro atoms. The highest BCUT2D eigenvalue weighted by Gasteiger charge is 2.31. The number of carbonyl (C=O) groups excluding carboxylic acids is 1. The fourth-order valence-corrected chi connectivity index (χ4v) is 4.30. The van der Waals surface area contributed by atoms with Crippen molar-refractivity contribution in [1.82, 2.24) is 9.88 Å². The highest BCUT2D eigenvalue weighted by Crippen LogP contribution is 2.39. The van der Waals surface area contributed by atoms with Crippen LogP contribution in [-0.2, 0) is 25.4 Å². The fraction of sp³-hybridized carbons (Fsp3) is 0.394. The van der Waals surface area contributed by atoms with Crippen molar-refractivity contribution in [2.24, 2.45) is 10.7 Å². The molecule has 9 heteroatoms. The Kier molecular flexibility index (Phi) is 20.2. The van der Waals surface area contributed by atoms with Gasteiger partial charge in [-0.25, -0.2) is 0 Å². The van der Waals surface area contributed by atoms with Crippen LogP contribution in [0, 0.1) is 0 Å². The molecule has 4 rings (SSSR count). The second kappa shape index (κ2) is 23.2. The molecule has 2 aromatic rings. The standard InChI is InChI=1S/C21H24ClN3O2.C6H7N.C4H10O2.C2H6/c1-2-4-15(5-3-11-27-12-9-23)21-20-17(8-10-25(21)14-26)18-13-16(22)6-7-19(18)24-20;1-2-4-6-7-5-3-1;1-5-3-4-6-2;1-2/h2-7,11,13-14,21,24H,8-10,12,23H2,1H3;1-5H,6H2;3-4H2,1-2H3;1-2H3/b4-2-,11-3+,15-5+;;;. The van der Waals surface area contributed by atoms with Crippen LogP contribution >= 0.6 is 11.6 Å². The molecule has 0 radical (unpaired) electrons. The number of hydrogen-bond donors (Lipinski definition) is 2. The molecule has 3 heterocycles. The van der Waals surface area contributed by atoms with Gasteiger partial charge in [0.1, 0.15) is 0 Å². The highest BCUT2D eigenvalue weighted by molar-refractivity contribution is 6.31. The third-order valence-corrected chi connectivity index (χ3v) is 6.12. The molecule has 1 aromatic heterocycles. The van der Waals surface area contributed by atoms with Crippen LogP contribution in [0.1, 0.15) is 38.1 Å². The quantitative estimate of drug-likeness (QED) is 0.143. The number of benzene rings is 1. The summed E-state index contributed by atoms with van der Waals surface area (Å²) in [5.74, 6) is 0. The van der Waals surface area contributed by atoms with Gasteiger partial charge in [0.2, 0.25) is 6.41 Å². The summed E-state index contributed by atoms with van der Waals surface area (Å²) in [6.07, 6.45) is 20.8. The number of fused-ring (bicyclic) bond motifs is 3. The fourth-order valence-electron chi connectivity index (χ4n) is 4.13. The van der Waals surface area contributed by atoms with Crippen LogP contribution in [-0.4, -0.2) is 76.2 Å². The molecule has 0 saturated heterocycles. The van der Waals surface area contributed by atoms with Crippen LogP contribution in [0.25, 0.3) is 10.9 Å². The first-order chi connectivity index (χ1) is 20.6. The lowest BCUT2D eigenvalue weighted by molar-refractivity contribution is -0.120. The van der Waals surface area contributed by atoms with Gasteiger partial charge >= 0.3 is 0 Å². The van der Waals surface area contributed by atoms with E-state index in [1.54, 1.807) is 26.7 Å².